The molecule has 0 bridgehead atoms. The molecule has 4 nitrogen and oxygen atoms in total. The van der Waals surface area contributed by atoms with Crippen LogP contribution < -0.4 is 0 Å². The van der Waals surface area contributed by atoms with Crippen molar-refractivity contribution in [2.24, 2.45) is 0 Å². The van der Waals surface area contributed by atoms with Crippen LogP contribution in [-0.2, 0) is 0 Å². The predicted molar refractivity (Wildman–Crippen MR) is 73.5 cm³/mol. The zero-order valence-corrected chi connectivity index (χ0v) is 10.6. The SMILES string of the molecule is CCC(=O)c1nn(-c2ccccn2)c2ccccc12. The van der Waals surface area contributed by atoms with Crippen LogP contribution in [0.4, 0.5) is 0 Å². The number of carbonyl (C=O) groups is 1. The fraction of sp³-hybridized carbons (Fsp3) is 0.133. The number of fused-ring (bicyclic) bond motifs is 1. The summed E-state index contributed by atoms with van der Waals surface area (Å²) in [6, 6.07) is 13.4. The van der Waals surface area contributed by atoms with Crippen LogP contribution in [0, 0.1) is 0 Å². The molecule has 0 aliphatic carbocycles. The molecule has 0 atom stereocenters. The monoisotopic (exact) mass is 251 g/mol. The van der Waals surface area contributed by atoms with Gasteiger partial charge in [0, 0.05) is 18.0 Å². The maximum Gasteiger partial charge on any atom is 0.183 e. The van der Waals surface area contributed by atoms with E-state index in [1.54, 1.807) is 10.9 Å². The van der Waals surface area contributed by atoms with Crippen molar-refractivity contribution in [1.82, 2.24) is 14.8 Å². The molecule has 0 amide bonds. The van der Waals surface area contributed by atoms with Crippen LogP contribution in [0.15, 0.2) is 48.7 Å². The van der Waals surface area contributed by atoms with Gasteiger partial charge in [-0.25, -0.2) is 9.67 Å². The average Bonchev–Trinajstić information content (AvgIpc) is 2.87. The quantitative estimate of drug-likeness (QED) is 0.672. The van der Waals surface area contributed by atoms with Gasteiger partial charge in [0.15, 0.2) is 11.6 Å². The summed E-state index contributed by atoms with van der Waals surface area (Å²) in [5.74, 6) is 0.764. The Morgan fingerprint density at radius 3 is 2.68 bits per heavy atom. The number of rotatable bonds is 3. The number of Topliss-reactive ketones (excluding diaryl/α,β-unsaturated/α-hetero) is 1. The molecule has 94 valence electrons. The second-order valence-electron chi connectivity index (χ2n) is 4.24. The van der Waals surface area contributed by atoms with Gasteiger partial charge < -0.3 is 0 Å². The molecule has 3 aromatic rings. The fourth-order valence-electron chi connectivity index (χ4n) is 2.09. The largest absolute Gasteiger partial charge is 0.292 e. The smallest absolute Gasteiger partial charge is 0.183 e. The minimum absolute atomic E-state index is 0.0471. The van der Waals surface area contributed by atoms with E-state index >= 15 is 0 Å². The summed E-state index contributed by atoms with van der Waals surface area (Å²) in [4.78, 5) is 16.3. The van der Waals surface area contributed by atoms with Gasteiger partial charge in [-0.1, -0.05) is 31.2 Å². The highest BCUT2D eigenvalue weighted by Crippen LogP contribution is 2.22. The van der Waals surface area contributed by atoms with E-state index in [-0.39, 0.29) is 5.78 Å². The normalized spacial score (nSPS) is 10.8. The molecule has 0 N–H and O–H groups in total. The van der Waals surface area contributed by atoms with Crippen LogP contribution in [0.1, 0.15) is 23.8 Å². The van der Waals surface area contributed by atoms with E-state index in [2.05, 4.69) is 10.1 Å². The molecule has 0 aliphatic heterocycles. The van der Waals surface area contributed by atoms with Gasteiger partial charge in [-0.15, -0.1) is 0 Å². The zero-order valence-electron chi connectivity index (χ0n) is 10.6. The van der Waals surface area contributed by atoms with Gasteiger partial charge in [0.1, 0.15) is 5.69 Å². The molecule has 1 aromatic carbocycles. The third-order valence-electron chi connectivity index (χ3n) is 3.04. The Morgan fingerprint density at radius 1 is 1.16 bits per heavy atom. The first kappa shape index (κ1) is 11.6. The van der Waals surface area contributed by atoms with Gasteiger partial charge in [-0.2, -0.15) is 5.10 Å². The summed E-state index contributed by atoms with van der Waals surface area (Å²) in [5.41, 5.74) is 1.42. The number of para-hydroxylation sites is 1. The van der Waals surface area contributed by atoms with Crippen molar-refractivity contribution in [2.45, 2.75) is 13.3 Å². The summed E-state index contributed by atoms with van der Waals surface area (Å²) in [7, 11) is 0. The Labute approximate surface area is 110 Å². The van der Waals surface area contributed by atoms with Crippen LogP contribution in [0.25, 0.3) is 16.7 Å². The third kappa shape index (κ3) is 1.91. The number of hydrogen-bond acceptors (Lipinski definition) is 3. The van der Waals surface area contributed by atoms with E-state index in [1.807, 2.05) is 49.4 Å². The van der Waals surface area contributed by atoms with Gasteiger partial charge in [-0.05, 0) is 18.2 Å². The zero-order chi connectivity index (χ0) is 13.2. The lowest BCUT2D eigenvalue weighted by molar-refractivity contribution is 0.0984. The molecule has 0 saturated carbocycles. The molecule has 0 radical (unpaired) electrons. The standard InChI is InChI=1S/C15H13N3O/c1-2-13(19)15-11-7-3-4-8-12(11)18(17-15)14-9-5-6-10-16-14/h3-10H,2H2,1H3. The fourth-order valence-corrected chi connectivity index (χ4v) is 2.09. The lowest BCUT2D eigenvalue weighted by atomic mass is 10.1. The number of nitrogens with zero attached hydrogens (tertiary/aromatic N) is 3. The maximum absolute atomic E-state index is 12.0. The van der Waals surface area contributed by atoms with Crippen LogP contribution in [0.3, 0.4) is 0 Å². The molecule has 0 saturated heterocycles. The van der Waals surface area contributed by atoms with E-state index in [4.69, 9.17) is 0 Å². The van der Waals surface area contributed by atoms with Crippen molar-refractivity contribution in [1.29, 1.82) is 0 Å². The summed E-state index contributed by atoms with van der Waals surface area (Å²) in [6.07, 6.45) is 2.16. The first-order valence-corrected chi connectivity index (χ1v) is 6.23. The highest BCUT2D eigenvalue weighted by molar-refractivity contribution is 6.06. The molecule has 19 heavy (non-hydrogen) atoms. The topological polar surface area (TPSA) is 47.8 Å². The highest BCUT2D eigenvalue weighted by atomic mass is 16.1. The first-order valence-electron chi connectivity index (χ1n) is 6.23. The van der Waals surface area contributed by atoms with Crippen LogP contribution in [-0.4, -0.2) is 20.5 Å². The Kier molecular flexibility index (Phi) is 2.83. The van der Waals surface area contributed by atoms with Gasteiger partial charge in [0.25, 0.3) is 0 Å². The van der Waals surface area contributed by atoms with E-state index < -0.39 is 0 Å². The van der Waals surface area contributed by atoms with Crippen LogP contribution >= 0.6 is 0 Å². The summed E-state index contributed by atoms with van der Waals surface area (Å²) < 4.78 is 1.72. The van der Waals surface area contributed by atoms with Gasteiger partial charge in [0.2, 0.25) is 0 Å². The Morgan fingerprint density at radius 2 is 1.95 bits per heavy atom. The number of benzene rings is 1. The molecular formula is C15H13N3O. The predicted octanol–water partition coefficient (Wildman–Crippen LogP) is 3.01. The van der Waals surface area contributed by atoms with Gasteiger partial charge >= 0.3 is 0 Å². The van der Waals surface area contributed by atoms with Crippen molar-refractivity contribution < 1.29 is 4.79 Å². The molecule has 0 unspecified atom stereocenters. The van der Waals surface area contributed by atoms with Gasteiger partial charge in [-0.3, -0.25) is 4.79 Å². The molecule has 3 rings (SSSR count). The maximum atomic E-state index is 12.0. The molecule has 4 heteroatoms. The van der Waals surface area contributed by atoms with Crippen molar-refractivity contribution in [3.8, 4) is 5.82 Å². The van der Waals surface area contributed by atoms with E-state index in [9.17, 15) is 4.79 Å². The van der Waals surface area contributed by atoms with Crippen molar-refractivity contribution in [3.63, 3.8) is 0 Å². The van der Waals surface area contributed by atoms with E-state index in [1.165, 1.54) is 0 Å². The Hall–Kier alpha value is -2.49. The summed E-state index contributed by atoms with van der Waals surface area (Å²) >= 11 is 0. The summed E-state index contributed by atoms with van der Waals surface area (Å²) in [5, 5.41) is 5.31. The molecule has 0 aliphatic rings. The van der Waals surface area contributed by atoms with E-state index in [0.29, 0.717) is 17.9 Å². The van der Waals surface area contributed by atoms with Crippen molar-refractivity contribution in [3.05, 3.63) is 54.4 Å². The van der Waals surface area contributed by atoms with Crippen molar-refractivity contribution in [2.75, 3.05) is 0 Å². The average molecular weight is 251 g/mol. The van der Waals surface area contributed by atoms with E-state index in [0.717, 1.165) is 10.9 Å². The molecule has 2 heterocycles. The van der Waals surface area contributed by atoms with Crippen molar-refractivity contribution >= 4 is 16.7 Å². The molecule has 0 fully saturated rings. The third-order valence-corrected chi connectivity index (χ3v) is 3.04. The minimum Gasteiger partial charge on any atom is -0.292 e. The second-order valence-corrected chi connectivity index (χ2v) is 4.24. The molecular weight excluding hydrogens is 238 g/mol. The highest BCUT2D eigenvalue weighted by Gasteiger charge is 2.16. The minimum atomic E-state index is 0.0471. The lowest BCUT2D eigenvalue weighted by Gasteiger charge is -2.00. The number of aromatic nitrogens is 3. The number of pyridine rings is 1. The first-order chi connectivity index (χ1) is 9.31. The lowest BCUT2D eigenvalue weighted by Crippen LogP contribution is -2.02. The second kappa shape index (κ2) is 4.65. The number of ketones is 1. The molecule has 2 aromatic heterocycles. The number of carbonyl (C=O) groups excluding carboxylic acids is 1. The summed E-state index contributed by atoms with van der Waals surface area (Å²) in [6.45, 7) is 1.84. The Bertz CT molecular complexity index is 731. The van der Waals surface area contributed by atoms with Crippen LogP contribution in [0.2, 0.25) is 0 Å². The van der Waals surface area contributed by atoms with Crippen LogP contribution in [0.5, 0.6) is 0 Å². The van der Waals surface area contributed by atoms with Gasteiger partial charge in [0.05, 0.1) is 5.52 Å². The molecule has 0 spiro atoms. The Balaban J connectivity index is 2.29. The number of hydrogen-bond donors (Lipinski definition) is 0.